The minimum absolute atomic E-state index is 0.00715. The van der Waals surface area contributed by atoms with Gasteiger partial charge in [0.15, 0.2) is 0 Å². The van der Waals surface area contributed by atoms with Crippen LogP contribution in [0.15, 0.2) is 76.8 Å². The smallest absolute Gasteiger partial charge is 0.329 e. The minimum atomic E-state index is -0.00715. The van der Waals surface area contributed by atoms with Crippen molar-refractivity contribution in [3.63, 3.8) is 0 Å². The Balaban J connectivity index is 1.08. The Morgan fingerprint density at radius 1 is 0.902 bits per heavy atom. The molecule has 0 aliphatic carbocycles. The molecule has 0 atom stereocenters. The molecular formula is C31H33ClN7O2-. The Bertz CT molecular complexity index is 1600. The van der Waals surface area contributed by atoms with E-state index in [1.807, 2.05) is 68.6 Å². The van der Waals surface area contributed by atoms with Crippen LogP contribution in [0.25, 0.3) is 16.6 Å². The number of piperidine rings is 2. The first-order chi connectivity index (χ1) is 20.0. The number of carbonyl (C=O) groups is 1. The Morgan fingerprint density at radius 2 is 1.61 bits per heavy atom. The summed E-state index contributed by atoms with van der Waals surface area (Å²) in [7, 11) is 0. The van der Waals surface area contributed by atoms with Crippen molar-refractivity contribution >= 4 is 34.4 Å². The summed E-state index contributed by atoms with van der Waals surface area (Å²) in [6.45, 7) is 4.26. The Morgan fingerprint density at radius 3 is 2.32 bits per heavy atom. The molecule has 0 N–H and O–H groups in total. The van der Waals surface area contributed by atoms with Crippen molar-refractivity contribution in [2.45, 2.75) is 44.8 Å². The zero-order chi connectivity index (χ0) is 28.3. The van der Waals surface area contributed by atoms with E-state index < -0.39 is 0 Å². The van der Waals surface area contributed by atoms with Gasteiger partial charge in [0.25, 0.3) is 0 Å². The van der Waals surface area contributed by atoms with Crippen LogP contribution in [0, 0.1) is 5.92 Å². The molecule has 1 amide bonds. The molecule has 2 aliphatic heterocycles. The monoisotopic (exact) mass is 570 g/mol. The second kappa shape index (κ2) is 12.0. The third-order valence-corrected chi connectivity index (χ3v) is 8.77. The predicted octanol–water partition coefficient (Wildman–Crippen LogP) is 5.63. The van der Waals surface area contributed by atoms with Gasteiger partial charge in [-0.15, -0.1) is 0 Å². The number of amides is 1. The lowest BCUT2D eigenvalue weighted by Crippen LogP contribution is -2.46. The third kappa shape index (κ3) is 5.83. The lowest BCUT2D eigenvalue weighted by atomic mass is 9.93. The summed E-state index contributed by atoms with van der Waals surface area (Å²) in [6.07, 6.45) is 4.84. The lowest BCUT2D eigenvalue weighted by Gasteiger charge is -2.37. The number of imidazole rings is 1. The van der Waals surface area contributed by atoms with Crippen molar-refractivity contribution in [3.05, 3.63) is 99.0 Å². The fourth-order valence-electron chi connectivity index (χ4n) is 6.32. The van der Waals surface area contributed by atoms with E-state index in [-0.39, 0.29) is 23.6 Å². The zero-order valence-corrected chi connectivity index (χ0v) is 23.7. The van der Waals surface area contributed by atoms with E-state index in [0.717, 1.165) is 67.5 Å². The molecule has 2 fully saturated rings. The third-order valence-electron chi connectivity index (χ3n) is 8.52. The Kier molecular flexibility index (Phi) is 7.98. The van der Waals surface area contributed by atoms with Crippen LogP contribution in [0.3, 0.4) is 0 Å². The summed E-state index contributed by atoms with van der Waals surface area (Å²) in [5.74, 6) is 0.586. The number of likely N-dealkylation sites (tertiary alicyclic amines) is 2. The van der Waals surface area contributed by atoms with Gasteiger partial charge in [0.2, 0.25) is 5.91 Å². The Hall–Kier alpha value is -3.82. The molecule has 4 aromatic rings. The number of hydrogen-bond donors (Lipinski definition) is 0. The van der Waals surface area contributed by atoms with Crippen LogP contribution in [0.1, 0.15) is 42.9 Å². The summed E-state index contributed by atoms with van der Waals surface area (Å²) >= 11 is 6.06. The summed E-state index contributed by atoms with van der Waals surface area (Å²) in [5.41, 5.74) is 12.9. The molecule has 0 saturated carbocycles. The standard InChI is InChI=1S/C31H33ClN7O2/c32-25-7-5-22(6-8-25)21-38-27-3-1-2-4-28(27)39(31(38)41)26-12-17-37(18-13-26)30(40)24-10-15-36(16-11-24)20-23-9-14-34-29(19-23)35-33/h1-9,14,19,24,26H,10-13,15-18,20-21H2/q-1. The number of hydrogen-bond acceptors (Lipinski definition) is 5. The van der Waals surface area contributed by atoms with Gasteiger partial charge >= 0.3 is 5.69 Å². The van der Waals surface area contributed by atoms with Gasteiger partial charge < -0.3 is 15.5 Å². The van der Waals surface area contributed by atoms with Crippen molar-refractivity contribution in [1.82, 2.24) is 23.9 Å². The largest absolute Gasteiger partial charge is 0.705 e. The Labute approximate surface area is 243 Å². The van der Waals surface area contributed by atoms with Crippen LogP contribution in [0.5, 0.6) is 0 Å². The highest BCUT2D eigenvalue weighted by molar-refractivity contribution is 6.30. The van der Waals surface area contributed by atoms with E-state index in [1.165, 1.54) is 0 Å². The van der Waals surface area contributed by atoms with Gasteiger partial charge in [-0.1, -0.05) is 35.9 Å². The SMILES string of the molecule is [N-]=Nc1cc(CN2CCC(C(=O)N3CCC(n4c(=O)n(Cc5ccc(Cl)cc5)c5ccccc54)CC3)CC2)ccn1. The molecule has 0 spiro atoms. The number of aromatic nitrogens is 3. The molecule has 2 saturated heterocycles. The predicted molar refractivity (Wildman–Crippen MR) is 159 cm³/mol. The maximum Gasteiger partial charge on any atom is 0.329 e. The first kappa shape index (κ1) is 27.4. The maximum atomic E-state index is 13.7. The molecule has 0 bridgehead atoms. The number of para-hydroxylation sites is 2. The number of benzene rings is 2. The molecule has 4 heterocycles. The highest BCUT2D eigenvalue weighted by Gasteiger charge is 2.32. The number of rotatable bonds is 7. The fourth-order valence-corrected chi connectivity index (χ4v) is 6.45. The average molecular weight is 571 g/mol. The van der Waals surface area contributed by atoms with Crippen molar-refractivity contribution in [1.29, 1.82) is 0 Å². The van der Waals surface area contributed by atoms with Crippen LogP contribution < -0.4 is 5.69 Å². The first-order valence-electron chi connectivity index (χ1n) is 14.3. The van der Waals surface area contributed by atoms with Crippen LogP contribution in [-0.2, 0) is 17.9 Å². The van der Waals surface area contributed by atoms with Crippen LogP contribution in [-0.4, -0.2) is 56.0 Å². The van der Waals surface area contributed by atoms with Crippen molar-refractivity contribution in [2.75, 3.05) is 26.2 Å². The van der Waals surface area contributed by atoms with E-state index in [0.29, 0.717) is 30.5 Å². The molecule has 212 valence electrons. The zero-order valence-electron chi connectivity index (χ0n) is 22.9. The summed E-state index contributed by atoms with van der Waals surface area (Å²) < 4.78 is 3.79. The molecular weight excluding hydrogens is 538 g/mol. The second-order valence-corrected chi connectivity index (χ2v) is 11.5. The number of nitrogens with zero attached hydrogens (tertiary/aromatic N) is 7. The molecule has 0 radical (unpaired) electrons. The quantitative estimate of drug-likeness (QED) is 0.269. The van der Waals surface area contributed by atoms with Gasteiger partial charge in [0.1, 0.15) is 5.82 Å². The topological polar surface area (TPSA) is 98.0 Å². The van der Waals surface area contributed by atoms with Gasteiger partial charge in [-0.05, 0) is 86.3 Å². The van der Waals surface area contributed by atoms with E-state index in [2.05, 4.69) is 15.0 Å². The van der Waals surface area contributed by atoms with Crippen LogP contribution in [0.2, 0.25) is 5.02 Å². The van der Waals surface area contributed by atoms with Gasteiger partial charge in [-0.25, -0.2) is 9.78 Å². The molecule has 2 aliphatic rings. The number of pyridine rings is 1. The van der Waals surface area contributed by atoms with Crippen molar-refractivity contribution in [3.8, 4) is 0 Å². The van der Waals surface area contributed by atoms with E-state index in [4.69, 9.17) is 17.1 Å². The minimum Gasteiger partial charge on any atom is -0.705 e. The molecule has 2 aromatic carbocycles. The summed E-state index contributed by atoms with van der Waals surface area (Å²) in [4.78, 5) is 35.5. The van der Waals surface area contributed by atoms with Crippen LogP contribution in [0.4, 0.5) is 5.82 Å². The fraction of sp³-hybridized carbons (Fsp3) is 0.387. The normalized spacial score (nSPS) is 17.2. The molecule has 6 rings (SSSR count). The summed E-state index contributed by atoms with van der Waals surface area (Å²) in [6, 6.07) is 19.3. The van der Waals surface area contributed by atoms with Crippen molar-refractivity contribution < 1.29 is 4.79 Å². The molecule has 9 nitrogen and oxygen atoms in total. The number of carbonyl (C=O) groups excluding carboxylic acids is 1. The van der Waals surface area contributed by atoms with E-state index in [1.54, 1.807) is 12.3 Å². The lowest BCUT2D eigenvalue weighted by molar-refractivity contribution is -0.138. The number of halogens is 1. The van der Waals surface area contributed by atoms with E-state index in [9.17, 15) is 9.59 Å². The average Bonchev–Trinajstić information content (AvgIpc) is 3.29. The van der Waals surface area contributed by atoms with Gasteiger partial charge in [0.05, 0.1) is 17.6 Å². The summed E-state index contributed by atoms with van der Waals surface area (Å²) in [5, 5.41) is 3.85. The van der Waals surface area contributed by atoms with Gasteiger partial charge in [-0.2, -0.15) is 0 Å². The molecule has 0 unspecified atom stereocenters. The van der Waals surface area contributed by atoms with E-state index >= 15 is 0 Å². The van der Waals surface area contributed by atoms with Gasteiger partial charge in [-0.3, -0.25) is 18.8 Å². The highest BCUT2D eigenvalue weighted by atomic mass is 35.5. The van der Waals surface area contributed by atoms with Crippen LogP contribution >= 0.6 is 11.6 Å². The van der Waals surface area contributed by atoms with Crippen molar-refractivity contribution in [2.24, 2.45) is 11.0 Å². The molecule has 10 heteroatoms. The first-order valence-corrected chi connectivity index (χ1v) is 14.6. The second-order valence-electron chi connectivity index (χ2n) is 11.1. The highest BCUT2D eigenvalue weighted by Crippen LogP contribution is 2.29. The van der Waals surface area contributed by atoms with Gasteiger partial charge in [0, 0.05) is 42.8 Å². The molecule has 41 heavy (non-hydrogen) atoms. The molecule has 2 aromatic heterocycles. The number of fused-ring (bicyclic) bond motifs is 1. The maximum absolute atomic E-state index is 13.7.